The van der Waals surface area contributed by atoms with Crippen LogP contribution in [0.1, 0.15) is 0 Å². The van der Waals surface area contributed by atoms with Crippen molar-refractivity contribution in [1.29, 1.82) is 0 Å². The Bertz CT molecular complexity index is 468. The van der Waals surface area contributed by atoms with Crippen LogP contribution < -0.4 is 0 Å². The standard InChI is InChI=1S/C9H5BrCl2N2/c10-6-3-5-14(8(6)12)9-7(11)2-1-4-13-9/h1-5H. The van der Waals surface area contributed by atoms with E-state index in [1.165, 1.54) is 0 Å². The molecule has 2 rings (SSSR count). The van der Waals surface area contributed by atoms with Gasteiger partial charge in [0.05, 0.1) is 9.50 Å². The first kappa shape index (κ1) is 10.0. The summed E-state index contributed by atoms with van der Waals surface area (Å²) in [5, 5.41) is 1.13. The number of nitrogens with zero attached hydrogens (tertiary/aromatic N) is 2. The largest absolute Gasteiger partial charge is 0.290 e. The van der Waals surface area contributed by atoms with E-state index in [-0.39, 0.29) is 0 Å². The lowest BCUT2D eigenvalue weighted by Crippen LogP contribution is -1.95. The lowest BCUT2D eigenvalue weighted by Gasteiger charge is -2.04. The minimum atomic E-state index is 0.561. The van der Waals surface area contributed by atoms with Gasteiger partial charge in [-0.1, -0.05) is 23.2 Å². The second-order valence-electron chi connectivity index (χ2n) is 2.63. The Morgan fingerprint density at radius 2 is 2.07 bits per heavy atom. The van der Waals surface area contributed by atoms with E-state index in [4.69, 9.17) is 23.2 Å². The van der Waals surface area contributed by atoms with Gasteiger partial charge in [0.15, 0.2) is 5.82 Å². The lowest BCUT2D eigenvalue weighted by atomic mass is 10.4. The first-order valence-electron chi connectivity index (χ1n) is 3.83. The molecule has 0 fully saturated rings. The fraction of sp³-hybridized carbons (Fsp3) is 0. The van der Waals surface area contributed by atoms with Crippen LogP contribution in [0.2, 0.25) is 10.2 Å². The summed E-state index contributed by atoms with van der Waals surface area (Å²) in [4.78, 5) is 4.15. The van der Waals surface area contributed by atoms with Gasteiger partial charge < -0.3 is 0 Å². The molecule has 0 unspecified atom stereocenters. The molecule has 72 valence electrons. The zero-order valence-electron chi connectivity index (χ0n) is 6.92. The molecule has 0 bridgehead atoms. The molecule has 0 aliphatic carbocycles. The predicted octanol–water partition coefficient (Wildman–Crippen LogP) is 3.94. The average Bonchev–Trinajstić information content (AvgIpc) is 2.49. The Hall–Kier alpha value is -0.510. The summed E-state index contributed by atoms with van der Waals surface area (Å²) in [5.41, 5.74) is 0. The van der Waals surface area contributed by atoms with Crippen molar-refractivity contribution in [1.82, 2.24) is 9.55 Å². The monoisotopic (exact) mass is 290 g/mol. The zero-order chi connectivity index (χ0) is 10.1. The molecule has 2 heterocycles. The SMILES string of the molecule is Clc1cccnc1-n1ccc(Br)c1Cl. The van der Waals surface area contributed by atoms with Gasteiger partial charge in [0.1, 0.15) is 5.15 Å². The van der Waals surface area contributed by atoms with Gasteiger partial charge in [-0.15, -0.1) is 0 Å². The van der Waals surface area contributed by atoms with Crippen molar-refractivity contribution in [2.24, 2.45) is 0 Å². The number of hydrogen-bond donors (Lipinski definition) is 0. The maximum absolute atomic E-state index is 6.03. The molecule has 0 N–H and O–H groups in total. The van der Waals surface area contributed by atoms with Crippen LogP contribution in [0, 0.1) is 0 Å². The van der Waals surface area contributed by atoms with E-state index in [1.807, 2.05) is 6.07 Å². The van der Waals surface area contributed by atoms with E-state index in [1.54, 1.807) is 29.1 Å². The summed E-state index contributed by atoms with van der Waals surface area (Å²) in [5.74, 6) is 0.630. The Morgan fingerprint density at radius 1 is 1.29 bits per heavy atom. The van der Waals surface area contributed by atoms with E-state index in [9.17, 15) is 0 Å². The number of halogens is 3. The van der Waals surface area contributed by atoms with Crippen LogP contribution >= 0.6 is 39.1 Å². The van der Waals surface area contributed by atoms with E-state index in [2.05, 4.69) is 20.9 Å². The molecule has 0 amide bonds. The third-order valence-electron chi connectivity index (χ3n) is 1.75. The van der Waals surface area contributed by atoms with Crippen LogP contribution in [0.3, 0.4) is 0 Å². The number of aromatic nitrogens is 2. The van der Waals surface area contributed by atoms with Crippen LogP contribution in [0.5, 0.6) is 0 Å². The molecule has 2 aromatic rings. The van der Waals surface area contributed by atoms with Gasteiger partial charge in [-0.2, -0.15) is 0 Å². The predicted molar refractivity (Wildman–Crippen MR) is 61.3 cm³/mol. The highest BCUT2D eigenvalue weighted by Crippen LogP contribution is 2.28. The van der Waals surface area contributed by atoms with Crippen molar-refractivity contribution in [3.05, 3.63) is 45.2 Å². The Balaban J connectivity index is 2.60. The van der Waals surface area contributed by atoms with Crippen LogP contribution in [0.15, 0.2) is 35.1 Å². The van der Waals surface area contributed by atoms with E-state index < -0.39 is 0 Å². The second kappa shape index (κ2) is 3.93. The Morgan fingerprint density at radius 3 is 2.64 bits per heavy atom. The number of rotatable bonds is 1. The van der Waals surface area contributed by atoms with E-state index in [0.717, 1.165) is 4.47 Å². The van der Waals surface area contributed by atoms with Gasteiger partial charge in [0.2, 0.25) is 0 Å². The highest BCUT2D eigenvalue weighted by atomic mass is 79.9. The van der Waals surface area contributed by atoms with Crippen LogP contribution in [-0.2, 0) is 0 Å². The fourth-order valence-electron chi connectivity index (χ4n) is 1.11. The summed E-state index contributed by atoms with van der Waals surface area (Å²) in [6.45, 7) is 0. The van der Waals surface area contributed by atoms with E-state index in [0.29, 0.717) is 16.0 Å². The van der Waals surface area contributed by atoms with Gasteiger partial charge in [-0.05, 0) is 34.1 Å². The highest BCUT2D eigenvalue weighted by Gasteiger charge is 2.09. The molecule has 0 saturated heterocycles. The maximum Gasteiger partial charge on any atom is 0.156 e. The molecule has 0 spiro atoms. The molecule has 0 aliphatic heterocycles. The average molecular weight is 292 g/mol. The lowest BCUT2D eigenvalue weighted by molar-refractivity contribution is 1.01. The normalized spacial score (nSPS) is 10.5. The molecule has 0 aliphatic rings. The molecule has 0 radical (unpaired) electrons. The van der Waals surface area contributed by atoms with Crippen molar-refractivity contribution >= 4 is 39.1 Å². The van der Waals surface area contributed by atoms with E-state index >= 15 is 0 Å². The van der Waals surface area contributed by atoms with Crippen molar-refractivity contribution in [2.75, 3.05) is 0 Å². The molecular formula is C9H5BrCl2N2. The zero-order valence-corrected chi connectivity index (χ0v) is 10.0. The van der Waals surface area contributed by atoms with Crippen LogP contribution in [0.25, 0.3) is 5.82 Å². The number of hydrogen-bond acceptors (Lipinski definition) is 1. The Labute approximate surface area is 99.6 Å². The van der Waals surface area contributed by atoms with Crippen LogP contribution in [-0.4, -0.2) is 9.55 Å². The first-order valence-corrected chi connectivity index (χ1v) is 5.38. The summed E-state index contributed by atoms with van der Waals surface area (Å²) < 4.78 is 2.54. The number of pyridine rings is 1. The van der Waals surface area contributed by atoms with Crippen molar-refractivity contribution in [2.45, 2.75) is 0 Å². The summed E-state index contributed by atoms with van der Waals surface area (Å²) >= 11 is 15.3. The molecular weight excluding hydrogens is 287 g/mol. The van der Waals surface area contributed by atoms with Gasteiger partial charge in [-0.25, -0.2) is 4.98 Å². The van der Waals surface area contributed by atoms with Crippen LogP contribution in [0.4, 0.5) is 0 Å². The van der Waals surface area contributed by atoms with Gasteiger partial charge in [0.25, 0.3) is 0 Å². The molecule has 0 aromatic carbocycles. The van der Waals surface area contributed by atoms with Gasteiger partial charge in [0, 0.05) is 12.4 Å². The van der Waals surface area contributed by atoms with Crippen molar-refractivity contribution < 1.29 is 0 Å². The quantitative estimate of drug-likeness (QED) is 0.778. The van der Waals surface area contributed by atoms with Crippen molar-refractivity contribution in [3.8, 4) is 5.82 Å². The molecule has 5 heteroatoms. The Kier molecular flexibility index (Phi) is 2.81. The molecule has 2 aromatic heterocycles. The summed E-state index contributed by atoms with van der Waals surface area (Å²) in [7, 11) is 0. The maximum atomic E-state index is 6.03. The highest BCUT2D eigenvalue weighted by molar-refractivity contribution is 9.10. The minimum absolute atomic E-state index is 0.561. The molecule has 0 atom stereocenters. The summed E-state index contributed by atoms with van der Waals surface area (Å²) in [6, 6.07) is 5.39. The summed E-state index contributed by atoms with van der Waals surface area (Å²) in [6.07, 6.45) is 3.48. The third kappa shape index (κ3) is 1.67. The minimum Gasteiger partial charge on any atom is -0.290 e. The first-order chi connectivity index (χ1) is 6.70. The smallest absolute Gasteiger partial charge is 0.156 e. The van der Waals surface area contributed by atoms with Gasteiger partial charge >= 0.3 is 0 Å². The van der Waals surface area contributed by atoms with Crippen molar-refractivity contribution in [3.63, 3.8) is 0 Å². The molecule has 14 heavy (non-hydrogen) atoms. The molecule has 2 nitrogen and oxygen atoms in total. The third-order valence-corrected chi connectivity index (χ3v) is 3.29. The van der Waals surface area contributed by atoms with Gasteiger partial charge in [-0.3, -0.25) is 4.57 Å². The fourth-order valence-corrected chi connectivity index (χ4v) is 1.83. The molecule has 0 saturated carbocycles. The topological polar surface area (TPSA) is 17.8 Å². The second-order valence-corrected chi connectivity index (χ2v) is 4.25.